The Morgan fingerprint density at radius 1 is 1.23 bits per heavy atom. The van der Waals surface area contributed by atoms with E-state index >= 15 is 0 Å². The summed E-state index contributed by atoms with van der Waals surface area (Å²) in [6, 6.07) is 5.01. The fourth-order valence-corrected chi connectivity index (χ4v) is 2.90. The summed E-state index contributed by atoms with van der Waals surface area (Å²) < 4.78 is 37.6. The van der Waals surface area contributed by atoms with Gasteiger partial charge in [-0.2, -0.15) is 13.2 Å². The van der Waals surface area contributed by atoms with Gasteiger partial charge in [0.05, 0.1) is 5.56 Å². The van der Waals surface area contributed by atoms with Crippen molar-refractivity contribution in [2.24, 2.45) is 5.92 Å². The molecule has 1 unspecified atom stereocenters. The van der Waals surface area contributed by atoms with Crippen molar-refractivity contribution in [1.82, 2.24) is 15.5 Å². The highest BCUT2D eigenvalue weighted by Gasteiger charge is 2.30. The molecule has 0 bridgehead atoms. The van der Waals surface area contributed by atoms with Crippen LogP contribution in [0.4, 0.5) is 13.2 Å². The summed E-state index contributed by atoms with van der Waals surface area (Å²) in [4.78, 5) is 14.5. The number of halogens is 4. The number of amides is 1. The molecule has 1 aliphatic heterocycles. The standard InChI is InChI=1S/C18H26F3N3O.ClH/c1-14(13-15-3-5-16(6-4-15)18(19,20)21)17(25)23-7-2-10-24-11-8-22-9-12-24;/h3-6,14,22H,2,7-13H2,1H3,(H,23,25);1H. The molecule has 1 aromatic rings. The Balaban J connectivity index is 0.00000338. The van der Waals surface area contributed by atoms with Crippen LogP contribution in [0, 0.1) is 5.92 Å². The third-order valence-corrected chi connectivity index (χ3v) is 4.43. The van der Waals surface area contributed by atoms with Crippen LogP contribution in [0.25, 0.3) is 0 Å². The molecule has 1 aliphatic rings. The predicted molar refractivity (Wildman–Crippen MR) is 98.5 cm³/mol. The Bertz CT molecular complexity index is 546. The van der Waals surface area contributed by atoms with E-state index in [1.54, 1.807) is 6.92 Å². The van der Waals surface area contributed by atoms with Gasteiger partial charge in [0.1, 0.15) is 0 Å². The van der Waals surface area contributed by atoms with E-state index in [0.29, 0.717) is 13.0 Å². The monoisotopic (exact) mass is 393 g/mol. The van der Waals surface area contributed by atoms with Gasteiger partial charge in [0, 0.05) is 38.6 Å². The lowest BCUT2D eigenvalue weighted by Crippen LogP contribution is -2.44. The summed E-state index contributed by atoms with van der Waals surface area (Å²) in [5, 5.41) is 6.22. The number of nitrogens with one attached hydrogen (secondary N) is 2. The van der Waals surface area contributed by atoms with E-state index < -0.39 is 11.7 Å². The molecule has 0 aromatic heterocycles. The number of hydrogen-bond donors (Lipinski definition) is 2. The van der Waals surface area contributed by atoms with Gasteiger partial charge in [-0.3, -0.25) is 4.79 Å². The minimum absolute atomic E-state index is 0. The van der Waals surface area contributed by atoms with Crippen molar-refractivity contribution in [3.63, 3.8) is 0 Å². The number of hydrogen-bond acceptors (Lipinski definition) is 3. The third-order valence-electron chi connectivity index (χ3n) is 4.43. The molecule has 26 heavy (non-hydrogen) atoms. The summed E-state index contributed by atoms with van der Waals surface area (Å²) in [6.07, 6.45) is -2.99. The molecule has 2 rings (SSSR count). The molecule has 4 nitrogen and oxygen atoms in total. The van der Waals surface area contributed by atoms with Gasteiger partial charge in [0.15, 0.2) is 0 Å². The zero-order valence-corrected chi connectivity index (χ0v) is 15.8. The lowest BCUT2D eigenvalue weighted by Gasteiger charge is -2.27. The van der Waals surface area contributed by atoms with E-state index in [1.807, 2.05) is 0 Å². The zero-order valence-electron chi connectivity index (χ0n) is 14.9. The predicted octanol–water partition coefficient (Wildman–Crippen LogP) is 2.72. The fraction of sp³-hybridized carbons (Fsp3) is 0.611. The molecule has 1 aromatic carbocycles. The van der Waals surface area contributed by atoms with Crippen LogP contribution in [0.2, 0.25) is 0 Å². The molecular formula is C18H27ClF3N3O. The maximum Gasteiger partial charge on any atom is 0.416 e. The molecule has 0 spiro atoms. The quantitative estimate of drug-likeness (QED) is 0.700. The molecule has 0 aliphatic carbocycles. The first-order valence-electron chi connectivity index (χ1n) is 8.73. The number of carbonyl (C=O) groups excluding carboxylic acids is 1. The van der Waals surface area contributed by atoms with Gasteiger partial charge in [-0.15, -0.1) is 12.4 Å². The smallest absolute Gasteiger partial charge is 0.356 e. The topological polar surface area (TPSA) is 44.4 Å². The molecule has 2 N–H and O–H groups in total. The van der Waals surface area contributed by atoms with E-state index in [0.717, 1.165) is 56.8 Å². The molecule has 1 fully saturated rings. The molecule has 1 saturated heterocycles. The summed E-state index contributed by atoms with van der Waals surface area (Å²) >= 11 is 0. The molecule has 1 heterocycles. The van der Waals surface area contributed by atoms with Crippen LogP contribution in [0.5, 0.6) is 0 Å². The van der Waals surface area contributed by atoms with E-state index in [4.69, 9.17) is 0 Å². The highest BCUT2D eigenvalue weighted by atomic mass is 35.5. The van der Waals surface area contributed by atoms with Crippen molar-refractivity contribution in [3.8, 4) is 0 Å². The van der Waals surface area contributed by atoms with Gasteiger partial charge in [-0.05, 0) is 37.1 Å². The van der Waals surface area contributed by atoms with Crippen molar-refractivity contribution in [2.75, 3.05) is 39.3 Å². The number of nitrogens with zero attached hydrogens (tertiary/aromatic N) is 1. The number of rotatable bonds is 7. The van der Waals surface area contributed by atoms with Crippen molar-refractivity contribution in [2.45, 2.75) is 25.9 Å². The van der Waals surface area contributed by atoms with Gasteiger partial charge < -0.3 is 15.5 Å². The second-order valence-corrected chi connectivity index (χ2v) is 6.54. The van der Waals surface area contributed by atoms with E-state index in [9.17, 15) is 18.0 Å². The van der Waals surface area contributed by atoms with Gasteiger partial charge in [-0.1, -0.05) is 19.1 Å². The van der Waals surface area contributed by atoms with Crippen molar-refractivity contribution >= 4 is 18.3 Å². The fourth-order valence-electron chi connectivity index (χ4n) is 2.90. The Morgan fingerprint density at radius 3 is 2.42 bits per heavy atom. The molecular weight excluding hydrogens is 367 g/mol. The second-order valence-electron chi connectivity index (χ2n) is 6.54. The van der Waals surface area contributed by atoms with Gasteiger partial charge in [0.25, 0.3) is 0 Å². The minimum atomic E-state index is -4.33. The number of benzene rings is 1. The minimum Gasteiger partial charge on any atom is -0.356 e. The van der Waals surface area contributed by atoms with E-state index in [-0.39, 0.29) is 24.2 Å². The van der Waals surface area contributed by atoms with Crippen molar-refractivity contribution < 1.29 is 18.0 Å². The molecule has 0 radical (unpaired) electrons. The van der Waals surface area contributed by atoms with Crippen molar-refractivity contribution in [3.05, 3.63) is 35.4 Å². The summed E-state index contributed by atoms with van der Waals surface area (Å²) in [5.74, 6) is -0.323. The first-order chi connectivity index (χ1) is 11.9. The van der Waals surface area contributed by atoms with E-state index in [1.165, 1.54) is 12.1 Å². The lowest BCUT2D eigenvalue weighted by atomic mass is 9.99. The lowest BCUT2D eigenvalue weighted by molar-refractivity contribution is -0.137. The highest BCUT2D eigenvalue weighted by molar-refractivity contribution is 5.85. The average Bonchev–Trinajstić information content (AvgIpc) is 2.59. The maximum absolute atomic E-state index is 12.5. The SMILES string of the molecule is CC(Cc1ccc(C(F)(F)F)cc1)C(=O)NCCCN1CCNCC1.Cl. The Kier molecular flexibility index (Phi) is 9.39. The molecule has 8 heteroatoms. The second kappa shape index (κ2) is 10.7. The van der Waals surface area contributed by atoms with Crippen LogP contribution in [0.15, 0.2) is 24.3 Å². The third kappa shape index (κ3) is 7.51. The molecule has 1 amide bonds. The first kappa shape index (κ1) is 22.7. The molecule has 0 saturated carbocycles. The molecule has 148 valence electrons. The summed E-state index contributed by atoms with van der Waals surface area (Å²) in [7, 11) is 0. The number of alkyl halides is 3. The van der Waals surface area contributed by atoms with Crippen LogP contribution >= 0.6 is 12.4 Å². The average molecular weight is 394 g/mol. The first-order valence-corrected chi connectivity index (χ1v) is 8.73. The van der Waals surface area contributed by atoms with E-state index in [2.05, 4.69) is 15.5 Å². The van der Waals surface area contributed by atoms with Crippen molar-refractivity contribution in [1.29, 1.82) is 0 Å². The van der Waals surface area contributed by atoms with Crippen LogP contribution in [-0.2, 0) is 17.4 Å². The molecule has 1 atom stereocenters. The van der Waals surface area contributed by atoms with Gasteiger partial charge >= 0.3 is 6.18 Å². The largest absolute Gasteiger partial charge is 0.416 e. The normalized spacial score (nSPS) is 16.6. The highest BCUT2D eigenvalue weighted by Crippen LogP contribution is 2.29. The van der Waals surface area contributed by atoms with Gasteiger partial charge in [-0.25, -0.2) is 0 Å². The Labute approximate surface area is 158 Å². The van der Waals surface area contributed by atoms with Crippen LogP contribution in [-0.4, -0.2) is 50.1 Å². The van der Waals surface area contributed by atoms with Gasteiger partial charge in [0.2, 0.25) is 5.91 Å². The summed E-state index contributed by atoms with van der Waals surface area (Å²) in [5.41, 5.74) is 0.0673. The zero-order chi connectivity index (χ0) is 18.3. The summed E-state index contributed by atoms with van der Waals surface area (Å²) in [6.45, 7) is 7.49. The maximum atomic E-state index is 12.5. The van der Waals surface area contributed by atoms with Crippen LogP contribution in [0.1, 0.15) is 24.5 Å². The Hall–Kier alpha value is -1.31. The number of carbonyl (C=O) groups is 1. The number of piperazine rings is 1. The van der Waals surface area contributed by atoms with Crippen LogP contribution in [0.3, 0.4) is 0 Å². The van der Waals surface area contributed by atoms with Crippen LogP contribution < -0.4 is 10.6 Å². The Morgan fingerprint density at radius 2 is 1.85 bits per heavy atom.